The van der Waals surface area contributed by atoms with Crippen LogP contribution in [0.25, 0.3) is 0 Å². The van der Waals surface area contributed by atoms with Gasteiger partial charge in [-0.15, -0.1) is 0 Å². The first-order valence-corrected chi connectivity index (χ1v) is 7.33. The maximum Gasteiger partial charge on any atom is 0.0796 e. The average Bonchev–Trinajstić information content (AvgIpc) is 2.36. The zero-order valence-electron chi connectivity index (χ0n) is 10.0. The topological polar surface area (TPSA) is 20.2 Å². The summed E-state index contributed by atoms with van der Waals surface area (Å²) in [6, 6.07) is 16.7. The number of hydrogen-bond acceptors (Lipinski definition) is 1. The lowest BCUT2D eigenvalue weighted by molar-refractivity contribution is 0.153. The van der Waals surface area contributed by atoms with Crippen molar-refractivity contribution in [1.29, 1.82) is 0 Å². The van der Waals surface area contributed by atoms with E-state index < -0.39 is 0 Å². The summed E-state index contributed by atoms with van der Waals surface area (Å²) in [5.74, 6) is 0.524. The van der Waals surface area contributed by atoms with Gasteiger partial charge in [-0.1, -0.05) is 36.4 Å². The number of halogens is 1. The van der Waals surface area contributed by atoms with Crippen molar-refractivity contribution in [3.8, 4) is 0 Å². The van der Waals surface area contributed by atoms with E-state index in [1.54, 1.807) is 0 Å². The first kappa shape index (κ1) is 12.2. The molecule has 0 aliphatic heterocycles. The molecule has 18 heavy (non-hydrogen) atoms. The Hall–Kier alpha value is -0.870. The van der Waals surface area contributed by atoms with Gasteiger partial charge >= 0.3 is 0 Å². The third-order valence-corrected chi connectivity index (χ3v) is 4.44. The molecule has 2 unspecified atom stereocenters. The zero-order chi connectivity index (χ0) is 12.5. The molecule has 2 aromatic rings. The molecule has 92 valence electrons. The molecule has 0 aromatic heterocycles. The van der Waals surface area contributed by atoms with Crippen LogP contribution in [0.1, 0.15) is 35.1 Å². The standard InChI is InChI=1S/C16H15IO/c17-14-7-5-11(6-8-14)16(18)10-13-9-12-3-1-2-4-15(12)13/h1-8,13,16,18H,9-10H2. The minimum Gasteiger partial charge on any atom is -0.388 e. The molecule has 0 fully saturated rings. The average molecular weight is 350 g/mol. The van der Waals surface area contributed by atoms with Crippen LogP contribution in [-0.2, 0) is 6.42 Å². The minimum absolute atomic E-state index is 0.347. The Morgan fingerprint density at radius 2 is 1.83 bits per heavy atom. The maximum atomic E-state index is 10.3. The van der Waals surface area contributed by atoms with Gasteiger partial charge in [0.1, 0.15) is 0 Å². The molecule has 1 nitrogen and oxygen atoms in total. The summed E-state index contributed by atoms with van der Waals surface area (Å²) in [4.78, 5) is 0. The Morgan fingerprint density at radius 1 is 1.11 bits per heavy atom. The molecule has 1 aliphatic carbocycles. The van der Waals surface area contributed by atoms with Gasteiger partial charge < -0.3 is 5.11 Å². The molecule has 0 amide bonds. The SMILES string of the molecule is OC(CC1Cc2ccccc21)c1ccc(I)cc1. The molecular formula is C16H15IO. The van der Waals surface area contributed by atoms with Gasteiger partial charge in [0.15, 0.2) is 0 Å². The van der Waals surface area contributed by atoms with Crippen molar-refractivity contribution >= 4 is 22.6 Å². The Balaban J connectivity index is 1.70. The molecule has 3 rings (SSSR count). The molecule has 2 heteroatoms. The van der Waals surface area contributed by atoms with E-state index in [9.17, 15) is 5.11 Å². The lowest BCUT2D eigenvalue weighted by Crippen LogP contribution is -2.19. The molecule has 1 N–H and O–H groups in total. The van der Waals surface area contributed by atoms with Gasteiger partial charge in [0.25, 0.3) is 0 Å². The van der Waals surface area contributed by atoms with E-state index in [-0.39, 0.29) is 6.10 Å². The summed E-state index contributed by atoms with van der Waals surface area (Å²) in [6.07, 6.45) is 1.59. The summed E-state index contributed by atoms with van der Waals surface area (Å²) in [6.45, 7) is 0. The van der Waals surface area contributed by atoms with E-state index in [4.69, 9.17) is 0 Å². The van der Waals surface area contributed by atoms with Gasteiger partial charge in [0.05, 0.1) is 6.10 Å². The predicted molar refractivity (Wildman–Crippen MR) is 81.6 cm³/mol. The quantitative estimate of drug-likeness (QED) is 0.828. The second-order valence-corrected chi connectivity index (χ2v) is 6.15. The van der Waals surface area contributed by atoms with Crippen molar-refractivity contribution < 1.29 is 5.11 Å². The second kappa shape index (κ2) is 5.02. The van der Waals surface area contributed by atoms with E-state index in [2.05, 4.69) is 46.9 Å². The molecule has 0 heterocycles. The fourth-order valence-electron chi connectivity index (χ4n) is 2.66. The van der Waals surface area contributed by atoms with Gasteiger partial charge in [0, 0.05) is 3.57 Å². The monoisotopic (exact) mass is 350 g/mol. The van der Waals surface area contributed by atoms with Crippen LogP contribution >= 0.6 is 22.6 Å². The Morgan fingerprint density at radius 3 is 2.56 bits per heavy atom. The van der Waals surface area contributed by atoms with Crippen LogP contribution in [0.3, 0.4) is 0 Å². The highest BCUT2D eigenvalue weighted by molar-refractivity contribution is 14.1. The lowest BCUT2D eigenvalue weighted by atomic mass is 9.74. The zero-order valence-corrected chi connectivity index (χ0v) is 12.2. The van der Waals surface area contributed by atoms with Crippen LogP contribution in [0.4, 0.5) is 0 Å². The van der Waals surface area contributed by atoms with E-state index in [1.807, 2.05) is 24.3 Å². The van der Waals surface area contributed by atoms with Crippen molar-refractivity contribution in [2.45, 2.75) is 24.9 Å². The Bertz CT molecular complexity index is 547. The van der Waals surface area contributed by atoms with Crippen molar-refractivity contribution in [1.82, 2.24) is 0 Å². The number of hydrogen-bond donors (Lipinski definition) is 1. The van der Waals surface area contributed by atoms with Crippen LogP contribution in [-0.4, -0.2) is 5.11 Å². The van der Waals surface area contributed by atoms with Crippen LogP contribution in [0, 0.1) is 3.57 Å². The fourth-order valence-corrected chi connectivity index (χ4v) is 3.02. The van der Waals surface area contributed by atoms with Crippen molar-refractivity contribution in [2.75, 3.05) is 0 Å². The third kappa shape index (κ3) is 2.31. The highest BCUT2D eigenvalue weighted by Gasteiger charge is 2.27. The number of benzene rings is 2. The molecule has 0 bridgehead atoms. The minimum atomic E-state index is -0.347. The molecule has 2 atom stereocenters. The normalized spacial score (nSPS) is 18.9. The smallest absolute Gasteiger partial charge is 0.0796 e. The molecule has 0 saturated heterocycles. The number of aliphatic hydroxyl groups excluding tert-OH is 1. The van der Waals surface area contributed by atoms with E-state index in [1.165, 1.54) is 14.7 Å². The second-order valence-electron chi connectivity index (χ2n) is 4.90. The van der Waals surface area contributed by atoms with Crippen molar-refractivity contribution in [3.63, 3.8) is 0 Å². The molecular weight excluding hydrogens is 335 g/mol. The predicted octanol–water partition coefficient (Wildman–Crippen LogP) is 4.05. The summed E-state index contributed by atoms with van der Waals surface area (Å²) >= 11 is 2.28. The third-order valence-electron chi connectivity index (χ3n) is 3.72. The highest BCUT2D eigenvalue weighted by atomic mass is 127. The summed E-state index contributed by atoms with van der Waals surface area (Å²) in [5.41, 5.74) is 3.89. The first-order chi connectivity index (χ1) is 8.74. The summed E-state index contributed by atoms with van der Waals surface area (Å²) in [7, 11) is 0. The number of fused-ring (bicyclic) bond motifs is 1. The van der Waals surface area contributed by atoms with Crippen molar-refractivity contribution in [2.24, 2.45) is 0 Å². The first-order valence-electron chi connectivity index (χ1n) is 6.25. The van der Waals surface area contributed by atoms with Gasteiger partial charge in [-0.2, -0.15) is 0 Å². The van der Waals surface area contributed by atoms with E-state index >= 15 is 0 Å². The Kier molecular flexibility index (Phi) is 3.39. The van der Waals surface area contributed by atoms with Crippen LogP contribution in [0.5, 0.6) is 0 Å². The van der Waals surface area contributed by atoms with E-state index in [0.29, 0.717) is 5.92 Å². The molecule has 2 aromatic carbocycles. The number of rotatable bonds is 3. The summed E-state index contributed by atoms with van der Waals surface area (Å²) < 4.78 is 1.21. The van der Waals surface area contributed by atoms with Crippen LogP contribution in [0.15, 0.2) is 48.5 Å². The van der Waals surface area contributed by atoms with Crippen LogP contribution in [0.2, 0.25) is 0 Å². The van der Waals surface area contributed by atoms with Gasteiger partial charge in [-0.05, 0) is 70.2 Å². The molecule has 0 spiro atoms. The van der Waals surface area contributed by atoms with Crippen LogP contribution < -0.4 is 0 Å². The molecule has 1 aliphatic rings. The van der Waals surface area contributed by atoms with Gasteiger partial charge in [-0.3, -0.25) is 0 Å². The lowest BCUT2D eigenvalue weighted by Gasteiger charge is -2.31. The maximum absolute atomic E-state index is 10.3. The molecule has 0 saturated carbocycles. The summed E-state index contributed by atoms with van der Waals surface area (Å²) in [5, 5.41) is 10.3. The highest BCUT2D eigenvalue weighted by Crippen LogP contribution is 2.40. The van der Waals surface area contributed by atoms with Gasteiger partial charge in [0.2, 0.25) is 0 Å². The van der Waals surface area contributed by atoms with Crippen molar-refractivity contribution in [3.05, 3.63) is 68.8 Å². The molecule has 0 radical (unpaired) electrons. The largest absolute Gasteiger partial charge is 0.388 e. The fraction of sp³-hybridized carbons (Fsp3) is 0.250. The van der Waals surface area contributed by atoms with Gasteiger partial charge in [-0.25, -0.2) is 0 Å². The number of aliphatic hydroxyl groups is 1. The Labute approximate surface area is 121 Å². The van der Waals surface area contributed by atoms with E-state index in [0.717, 1.165) is 18.4 Å².